The Balaban J connectivity index is 0.000000224. The lowest BCUT2D eigenvalue weighted by atomic mass is 9.99. The van der Waals surface area contributed by atoms with E-state index in [2.05, 4.69) is 40.5 Å². The number of methoxy groups -OCH3 is 2. The van der Waals surface area contributed by atoms with Crippen molar-refractivity contribution in [2.24, 2.45) is 0 Å². The second kappa shape index (κ2) is 21.1. The van der Waals surface area contributed by atoms with Crippen molar-refractivity contribution >= 4 is 70.8 Å². The number of H-pyrrole nitrogens is 2. The van der Waals surface area contributed by atoms with Gasteiger partial charge in [0.2, 0.25) is 23.1 Å². The number of fused-ring (bicyclic) bond motifs is 2. The lowest BCUT2D eigenvalue weighted by molar-refractivity contribution is 0.0583. The van der Waals surface area contributed by atoms with Gasteiger partial charge in [-0.15, -0.1) is 23.5 Å². The number of para-hydroxylation sites is 2. The Morgan fingerprint density at radius 2 is 1.00 bits per heavy atom. The quantitative estimate of drug-likeness (QED) is 0.0893. The second-order valence-corrected chi connectivity index (χ2v) is 14.3. The van der Waals surface area contributed by atoms with Crippen LogP contribution in [0.5, 0.6) is 11.5 Å². The normalized spacial score (nSPS) is 12.8. The fraction of sp³-hybridized carbons (Fsp3) is 0.231. The molecule has 18 nitrogen and oxygen atoms in total. The number of allylic oxidation sites excluding steroid dienone is 4. The number of carbonyl (C=O) groups is 8. The summed E-state index contributed by atoms with van der Waals surface area (Å²) < 4.78 is 19.4. The number of ketones is 4. The third-order valence-corrected chi connectivity index (χ3v) is 10.3. The first kappa shape index (κ1) is 43.3. The topological polar surface area (TPSA) is 255 Å². The Hall–Kier alpha value is -6.80. The second-order valence-electron chi connectivity index (χ2n) is 12.0. The van der Waals surface area contributed by atoms with Crippen LogP contribution >= 0.6 is 23.5 Å². The molecule has 306 valence electrons. The minimum atomic E-state index is -0.771. The summed E-state index contributed by atoms with van der Waals surface area (Å²) in [6.07, 6.45) is 3.22. The predicted octanol–water partition coefficient (Wildman–Crippen LogP) is 5.13. The molecule has 0 atom stereocenters. The molecule has 0 saturated heterocycles. The number of aromatic amines is 2. The zero-order chi connectivity index (χ0) is 42.3. The average Bonchev–Trinajstić information content (AvgIpc) is 3.90. The lowest BCUT2D eigenvalue weighted by Crippen LogP contribution is -2.28. The van der Waals surface area contributed by atoms with Crippen molar-refractivity contribution in [1.82, 2.24) is 31.0 Å². The summed E-state index contributed by atoms with van der Waals surface area (Å²) in [4.78, 5) is 97.1. The summed E-state index contributed by atoms with van der Waals surface area (Å²) in [5, 5.41) is 17.5. The largest absolute Gasteiger partial charge is 0.464 e. The number of unbranched alkanes of at least 4 members (excludes halogenated alkanes) is 1. The van der Waals surface area contributed by atoms with Crippen molar-refractivity contribution < 1.29 is 57.3 Å². The average molecular weight is 845 g/mol. The molecule has 2 heterocycles. The van der Waals surface area contributed by atoms with Crippen LogP contribution in [0.4, 0.5) is 9.59 Å². The van der Waals surface area contributed by atoms with Gasteiger partial charge in [-0.25, -0.2) is 19.2 Å². The van der Waals surface area contributed by atoms with Gasteiger partial charge in [-0.2, -0.15) is 10.2 Å². The number of nitrogens with zero attached hydrogens (tertiary/aromatic N) is 2. The third-order valence-electron chi connectivity index (χ3n) is 8.06. The number of esters is 2. The van der Waals surface area contributed by atoms with Gasteiger partial charge in [0.15, 0.2) is 11.4 Å². The molecule has 2 aliphatic carbocycles. The van der Waals surface area contributed by atoms with Gasteiger partial charge in [0.25, 0.3) is 0 Å². The number of aromatic nitrogens is 4. The van der Waals surface area contributed by atoms with Crippen molar-refractivity contribution in [2.75, 3.05) is 38.8 Å². The fourth-order valence-electron chi connectivity index (χ4n) is 5.26. The van der Waals surface area contributed by atoms with E-state index in [9.17, 15) is 38.4 Å². The SMILES string of the molecule is COC(=O)c1[nH]nc2c1C(=O)C(SCCCCNC(=O)Oc1ccccc1)=CC2=O.COC(=O)c1[nH]nc2c1C(=O)C(SCCCNC(=O)Oc1ccccc1)=CC2=O. The van der Waals surface area contributed by atoms with Crippen LogP contribution < -0.4 is 20.1 Å². The van der Waals surface area contributed by atoms with E-state index in [1.165, 1.54) is 38.1 Å². The zero-order valence-corrected chi connectivity index (χ0v) is 33.1. The highest BCUT2D eigenvalue weighted by molar-refractivity contribution is 8.04. The van der Waals surface area contributed by atoms with Crippen LogP contribution in [-0.2, 0) is 9.47 Å². The first-order valence-electron chi connectivity index (χ1n) is 17.7. The molecular formula is C39H36N6O12S2. The summed E-state index contributed by atoms with van der Waals surface area (Å²) in [6.45, 7) is 0.745. The van der Waals surface area contributed by atoms with E-state index < -0.39 is 47.3 Å². The van der Waals surface area contributed by atoms with E-state index in [4.69, 9.17) is 9.47 Å². The molecule has 0 unspecified atom stereocenters. The van der Waals surface area contributed by atoms with Gasteiger partial charge in [-0.1, -0.05) is 36.4 Å². The van der Waals surface area contributed by atoms with Crippen LogP contribution in [-0.4, -0.2) is 106 Å². The molecule has 59 heavy (non-hydrogen) atoms. The standard InChI is InChI=1S/C20H19N3O6S.C19H17N3O6S/c1-28-19(26)17-15-16(22-23-17)13(24)11-14(18(15)25)30-10-6-5-9-21-20(27)29-12-7-3-2-4-8-12;1-27-18(25)16-14-15(21-22-16)12(23)10-13(17(14)24)29-9-5-8-20-19(26)28-11-6-3-2-4-7-11/h2-4,7-8,11H,5-6,9-10H2,1H3,(H,21,27)(H,22,23);2-4,6-7,10H,5,8-9H2,1H3,(H,20,26)(H,21,22). The predicted molar refractivity (Wildman–Crippen MR) is 213 cm³/mol. The van der Waals surface area contributed by atoms with Crippen molar-refractivity contribution in [3.05, 3.63) is 117 Å². The number of rotatable bonds is 15. The van der Waals surface area contributed by atoms with E-state index in [1.54, 1.807) is 48.5 Å². The maximum atomic E-state index is 12.7. The highest BCUT2D eigenvalue weighted by Crippen LogP contribution is 2.31. The Morgan fingerprint density at radius 3 is 1.42 bits per heavy atom. The van der Waals surface area contributed by atoms with Gasteiger partial charge in [0.1, 0.15) is 22.9 Å². The molecule has 0 aliphatic heterocycles. The molecule has 4 N–H and O–H groups in total. The van der Waals surface area contributed by atoms with E-state index in [1.807, 2.05) is 12.1 Å². The molecule has 0 fully saturated rings. The molecule has 2 amide bonds. The summed E-state index contributed by atoms with van der Waals surface area (Å²) in [5.41, 5.74) is -0.565. The number of Topliss-reactive ketones (excluding diaryl/α,β-unsaturated/α-hetero) is 2. The molecule has 0 bridgehead atoms. The number of ether oxygens (including phenoxy) is 4. The van der Waals surface area contributed by atoms with Crippen molar-refractivity contribution in [3.8, 4) is 11.5 Å². The van der Waals surface area contributed by atoms with Crippen LogP contribution in [0.1, 0.15) is 81.9 Å². The van der Waals surface area contributed by atoms with Gasteiger partial charge in [0.05, 0.1) is 35.2 Å². The Labute approximate surface area is 344 Å². The molecule has 2 aromatic heterocycles. The molecule has 2 aliphatic rings. The highest BCUT2D eigenvalue weighted by atomic mass is 32.2. The van der Waals surface area contributed by atoms with Crippen molar-refractivity contribution in [2.45, 2.75) is 19.3 Å². The molecule has 2 aromatic carbocycles. The third kappa shape index (κ3) is 11.4. The Kier molecular flexibility index (Phi) is 15.5. The summed E-state index contributed by atoms with van der Waals surface area (Å²) in [6, 6.07) is 17.4. The van der Waals surface area contributed by atoms with Crippen molar-refractivity contribution in [1.29, 1.82) is 0 Å². The number of amides is 2. The number of carbonyl (C=O) groups excluding carboxylic acids is 8. The minimum Gasteiger partial charge on any atom is -0.464 e. The minimum absolute atomic E-state index is 0.0535. The van der Waals surface area contributed by atoms with Crippen LogP contribution in [0, 0.1) is 0 Å². The molecule has 4 aromatic rings. The van der Waals surface area contributed by atoms with Crippen LogP contribution in [0.15, 0.2) is 82.6 Å². The molecule has 0 radical (unpaired) electrons. The van der Waals surface area contributed by atoms with E-state index >= 15 is 0 Å². The maximum Gasteiger partial charge on any atom is 0.412 e. The molecular weight excluding hydrogens is 809 g/mol. The van der Waals surface area contributed by atoms with E-state index in [-0.39, 0.29) is 43.7 Å². The van der Waals surface area contributed by atoms with Gasteiger partial charge in [-0.3, -0.25) is 29.4 Å². The number of hydrogen-bond donors (Lipinski definition) is 4. The lowest BCUT2D eigenvalue weighted by Gasteiger charge is -2.11. The number of nitrogens with one attached hydrogen (secondary N) is 4. The first-order valence-corrected chi connectivity index (χ1v) is 19.7. The summed E-state index contributed by atoms with van der Waals surface area (Å²) >= 11 is 2.38. The monoisotopic (exact) mass is 844 g/mol. The van der Waals surface area contributed by atoms with Crippen LogP contribution in [0.25, 0.3) is 0 Å². The number of hydrogen-bond acceptors (Lipinski definition) is 16. The van der Waals surface area contributed by atoms with Gasteiger partial charge >= 0.3 is 24.1 Å². The van der Waals surface area contributed by atoms with Crippen molar-refractivity contribution in [3.63, 3.8) is 0 Å². The van der Waals surface area contributed by atoms with Crippen LogP contribution in [0.2, 0.25) is 0 Å². The van der Waals surface area contributed by atoms with Gasteiger partial charge < -0.3 is 29.6 Å². The highest BCUT2D eigenvalue weighted by Gasteiger charge is 2.35. The van der Waals surface area contributed by atoms with Gasteiger partial charge in [0, 0.05) is 25.2 Å². The summed E-state index contributed by atoms with van der Waals surface area (Å²) in [5.74, 6) is -1.41. The molecule has 0 saturated carbocycles. The number of benzene rings is 2. The van der Waals surface area contributed by atoms with E-state index in [0.29, 0.717) is 55.4 Å². The zero-order valence-electron chi connectivity index (χ0n) is 31.5. The molecule has 6 rings (SSSR count). The maximum absolute atomic E-state index is 12.7. The number of thioether (sulfide) groups is 2. The van der Waals surface area contributed by atoms with Crippen LogP contribution in [0.3, 0.4) is 0 Å². The Morgan fingerprint density at radius 1 is 0.593 bits per heavy atom. The first-order chi connectivity index (χ1) is 28.5. The molecule has 0 spiro atoms. The smallest absolute Gasteiger partial charge is 0.412 e. The van der Waals surface area contributed by atoms with E-state index in [0.717, 1.165) is 11.8 Å². The molecule has 20 heteroatoms. The van der Waals surface area contributed by atoms with Gasteiger partial charge in [-0.05, 0) is 55.0 Å². The fourth-order valence-corrected chi connectivity index (χ4v) is 7.18. The summed E-state index contributed by atoms with van der Waals surface area (Å²) in [7, 11) is 2.35. The Bertz CT molecular complexity index is 2300.